The fourth-order valence-electron chi connectivity index (χ4n) is 3.74. The number of hydrogen-bond donors (Lipinski definition) is 2. The molecule has 1 atom stereocenters. The van der Waals surface area contributed by atoms with Crippen LogP contribution >= 0.6 is 0 Å². The lowest BCUT2D eigenvalue weighted by atomic mass is 9.81. The number of amides is 1. The van der Waals surface area contributed by atoms with Gasteiger partial charge in [-0.1, -0.05) is 36.4 Å². The van der Waals surface area contributed by atoms with E-state index in [4.69, 9.17) is 10.2 Å². The largest absolute Gasteiger partial charge is 0.288 e. The molecular formula is C22H21N3O2. The third kappa shape index (κ3) is 3.88. The molecule has 1 unspecified atom stereocenters. The van der Waals surface area contributed by atoms with Gasteiger partial charge < -0.3 is 0 Å². The average Bonchev–Trinajstić information content (AvgIpc) is 2.73. The Bertz CT molecular complexity index is 957. The topological polar surface area (TPSA) is 75.1 Å². The van der Waals surface area contributed by atoms with Crippen LogP contribution in [0.1, 0.15) is 33.7 Å². The lowest BCUT2D eigenvalue weighted by Gasteiger charge is -2.24. The van der Waals surface area contributed by atoms with Crippen LogP contribution in [0.3, 0.4) is 0 Å². The molecule has 27 heavy (non-hydrogen) atoms. The normalized spacial score (nSPS) is 15.8. The Hall–Kier alpha value is -3.05. The van der Waals surface area contributed by atoms with Crippen molar-refractivity contribution < 1.29 is 10.0 Å². The van der Waals surface area contributed by atoms with E-state index in [1.54, 1.807) is 11.5 Å². The van der Waals surface area contributed by atoms with E-state index in [0.717, 1.165) is 42.8 Å². The van der Waals surface area contributed by atoms with Gasteiger partial charge in [-0.3, -0.25) is 10.0 Å². The summed E-state index contributed by atoms with van der Waals surface area (Å²) >= 11 is 0. The number of aryl methyl sites for hydroxylation is 1. The maximum absolute atomic E-state index is 11.7. The van der Waals surface area contributed by atoms with Crippen molar-refractivity contribution in [2.75, 3.05) is 0 Å². The minimum absolute atomic E-state index is 0.441. The van der Waals surface area contributed by atoms with Crippen molar-refractivity contribution in [2.24, 2.45) is 5.92 Å². The first kappa shape index (κ1) is 17.4. The summed E-state index contributed by atoms with van der Waals surface area (Å²) in [5.41, 5.74) is 6.67. The quantitative estimate of drug-likeness (QED) is 0.551. The number of hydrogen-bond acceptors (Lipinski definition) is 4. The van der Waals surface area contributed by atoms with Crippen LogP contribution in [0.2, 0.25) is 0 Å². The molecule has 5 nitrogen and oxygen atoms in total. The second-order valence-electron chi connectivity index (χ2n) is 6.96. The predicted molar refractivity (Wildman–Crippen MR) is 102 cm³/mol. The Morgan fingerprint density at radius 3 is 2.78 bits per heavy atom. The van der Waals surface area contributed by atoms with Gasteiger partial charge in [0.1, 0.15) is 5.82 Å². The molecular weight excluding hydrogens is 338 g/mol. The number of benzene rings is 2. The van der Waals surface area contributed by atoms with Crippen molar-refractivity contribution in [1.82, 2.24) is 15.4 Å². The maximum atomic E-state index is 11.7. The van der Waals surface area contributed by atoms with Crippen LogP contribution in [-0.2, 0) is 19.3 Å². The van der Waals surface area contributed by atoms with Gasteiger partial charge in [-0.05, 0) is 54.5 Å². The van der Waals surface area contributed by atoms with Crippen LogP contribution in [0.4, 0.5) is 0 Å². The fraction of sp³-hybridized carbons (Fsp3) is 0.227. The van der Waals surface area contributed by atoms with E-state index in [1.165, 1.54) is 11.1 Å². The molecule has 136 valence electrons. The number of nitrogens with zero attached hydrogens (tertiary/aromatic N) is 2. The summed E-state index contributed by atoms with van der Waals surface area (Å²) in [6.45, 7) is 0. The number of rotatable bonds is 4. The molecule has 0 aliphatic heterocycles. The Morgan fingerprint density at radius 1 is 1.11 bits per heavy atom. The number of aromatic nitrogens is 2. The van der Waals surface area contributed by atoms with Crippen LogP contribution < -0.4 is 5.48 Å². The molecule has 0 fully saturated rings. The third-order valence-electron chi connectivity index (χ3n) is 5.15. The van der Waals surface area contributed by atoms with E-state index in [2.05, 4.69) is 17.1 Å². The summed E-state index contributed by atoms with van der Waals surface area (Å²) < 4.78 is 0. The van der Waals surface area contributed by atoms with Crippen molar-refractivity contribution in [1.29, 1.82) is 0 Å². The van der Waals surface area contributed by atoms with E-state index in [9.17, 15) is 4.79 Å². The van der Waals surface area contributed by atoms with E-state index in [1.807, 2.05) is 42.6 Å². The van der Waals surface area contributed by atoms with Crippen molar-refractivity contribution in [3.05, 3.63) is 83.3 Å². The molecule has 0 spiro atoms. The zero-order chi connectivity index (χ0) is 18.6. The standard InChI is InChI=1S/C22H21N3O2/c26-22(25-27)18-9-8-16-7-6-15(12-19(16)14-18)13-21-23-11-10-20(24-21)17-4-2-1-3-5-17/h1-5,8-11,14-15,27H,6-7,12-13H2,(H,25,26). The first-order chi connectivity index (χ1) is 13.2. The highest BCUT2D eigenvalue weighted by molar-refractivity contribution is 5.93. The molecule has 0 saturated heterocycles. The van der Waals surface area contributed by atoms with E-state index in [-0.39, 0.29) is 0 Å². The highest BCUT2D eigenvalue weighted by atomic mass is 16.5. The molecule has 0 radical (unpaired) electrons. The zero-order valence-corrected chi connectivity index (χ0v) is 14.9. The molecule has 5 heteroatoms. The van der Waals surface area contributed by atoms with Crippen LogP contribution in [0.15, 0.2) is 60.8 Å². The van der Waals surface area contributed by atoms with Gasteiger partial charge in [0, 0.05) is 23.7 Å². The summed E-state index contributed by atoms with van der Waals surface area (Å²) in [4.78, 5) is 20.9. The van der Waals surface area contributed by atoms with Gasteiger partial charge >= 0.3 is 0 Å². The van der Waals surface area contributed by atoms with Gasteiger partial charge in [0.25, 0.3) is 5.91 Å². The first-order valence-electron chi connectivity index (χ1n) is 9.16. The molecule has 0 bridgehead atoms. The molecule has 2 aromatic carbocycles. The third-order valence-corrected chi connectivity index (χ3v) is 5.15. The monoisotopic (exact) mass is 359 g/mol. The van der Waals surface area contributed by atoms with E-state index >= 15 is 0 Å². The van der Waals surface area contributed by atoms with Crippen molar-refractivity contribution in [3.8, 4) is 11.3 Å². The molecule has 4 rings (SSSR count). The highest BCUT2D eigenvalue weighted by Gasteiger charge is 2.21. The van der Waals surface area contributed by atoms with Crippen LogP contribution in [-0.4, -0.2) is 21.1 Å². The summed E-state index contributed by atoms with van der Waals surface area (Å²) in [5, 5.41) is 8.84. The molecule has 1 amide bonds. The van der Waals surface area contributed by atoms with Gasteiger partial charge in [0.2, 0.25) is 0 Å². The minimum atomic E-state index is -0.473. The minimum Gasteiger partial charge on any atom is -0.288 e. The second-order valence-corrected chi connectivity index (χ2v) is 6.96. The average molecular weight is 359 g/mol. The summed E-state index contributed by atoms with van der Waals surface area (Å²) in [6.07, 6.45) is 5.60. The molecule has 1 aliphatic rings. The molecule has 1 aliphatic carbocycles. The second kappa shape index (κ2) is 7.68. The maximum Gasteiger partial charge on any atom is 0.274 e. The first-order valence-corrected chi connectivity index (χ1v) is 9.16. The van der Waals surface area contributed by atoms with Gasteiger partial charge in [0.15, 0.2) is 0 Å². The molecule has 2 N–H and O–H groups in total. The summed E-state index contributed by atoms with van der Waals surface area (Å²) in [5.74, 6) is 0.823. The van der Waals surface area contributed by atoms with Gasteiger partial charge in [-0.15, -0.1) is 0 Å². The molecule has 1 aromatic heterocycles. The Labute approximate surface area is 158 Å². The van der Waals surface area contributed by atoms with Crippen molar-refractivity contribution in [3.63, 3.8) is 0 Å². The van der Waals surface area contributed by atoms with E-state index in [0.29, 0.717) is 11.5 Å². The fourth-order valence-corrected chi connectivity index (χ4v) is 3.74. The number of carbonyl (C=O) groups is 1. The summed E-state index contributed by atoms with van der Waals surface area (Å²) in [6, 6.07) is 17.7. The number of carbonyl (C=O) groups excluding carboxylic acids is 1. The number of fused-ring (bicyclic) bond motifs is 1. The Kier molecular flexibility index (Phi) is 4.94. The predicted octanol–water partition coefficient (Wildman–Crippen LogP) is 3.61. The zero-order valence-electron chi connectivity index (χ0n) is 14.9. The molecule has 1 heterocycles. The van der Waals surface area contributed by atoms with Crippen molar-refractivity contribution in [2.45, 2.75) is 25.7 Å². The molecule has 0 saturated carbocycles. The SMILES string of the molecule is O=C(NO)c1ccc2c(c1)CC(Cc1nccc(-c3ccccc3)n1)CC2. The van der Waals surface area contributed by atoms with Gasteiger partial charge in [-0.25, -0.2) is 15.4 Å². The van der Waals surface area contributed by atoms with Crippen LogP contribution in [0.5, 0.6) is 0 Å². The summed E-state index contributed by atoms with van der Waals surface area (Å²) in [7, 11) is 0. The number of hydroxylamine groups is 1. The Balaban J connectivity index is 1.51. The molecule has 3 aromatic rings. The van der Waals surface area contributed by atoms with Crippen LogP contribution in [0, 0.1) is 5.92 Å². The van der Waals surface area contributed by atoms with Crippen molar-refractivity contribution >= 4 is 5.91 Å². The van der Waals surface area contributed by atoms with Gasteiger partial charge in [-0.2, -0.15) is 0 Å². The lowest BCUT2D eigenvalue weighted by molar-refractivity contribution is 0.0706. The van der Waals surface area contributed by atoms with Crippen LogP contribution in [0.25, 0.3) is 11.3 Å². The Morgan fingerprint density at radius 2 is 1.96 bits per heavy atom. The smallest absolute Gasteiger partial charge is 0.274 e. The number of nitrogens with one attached hydrogen (secondary N) is 1. The van der Waals surface area contributed by atoms with E-state index < -0.39 is 5.91 Å². The lowest BCUT2D eigenvalue weighted by Crippen LogP contribution is -2.21. The van der Waals surface area contributed by atoms with Gasteiger partial charge in [0.05, 0.1) is 5.69 Å². The highest BCUT2D eigenvalue weighted by Crippen LogP contribution is 2.28.